The van der Waals surface area contributed by atoms with Crippen LogP contribution in [0, 0.1) is 0 Å². The summed E-state index contributed by atoms with van der Waals surface area (Å²) >= 11 is 0. The van der Waals surface area contributed by atoms with Crippen LogP contribution in [0.1, 0.15) is 138 Å². The minimum Gasteiger partial charge on any atom is -0.467 e. The van der Waals surface area contributed by atoms with Gasteiger partial charge in [0.15, 0.2) is 6.29 Å². The molecule has 1 heterocycles. The van der Waals surface area contributed by atoms with Gasteiger partial charge in [-0.1, -0.05) is 175 Å². The Morgan fingerprint density at radius 2 is 1.33 bits per heavy atom. The maximum Gasteiger partial charge on any atom is 0.328 e. The van der Waals surface area contributed by atoms with Crippen molar-refractivity contribution in [1.82, 2.24) is 15.5 Å². The van der Waals surface area contributed by atoms with Gasteiger partial charge in [-0.2, -0.15) is 0 Å². The Morgan fingerprint density at radius 1 is 0.705 bits per heavy atom. The van der Waals surface area contributed by atoms with E-state index in [4.69, 9.17) is 14.2 Å². The molecule has 1 aliphatic rings. The summed E-state index contributed by atoms with van der Waals surface area (Å²) in [6, 6.07) is 32.9. The minimum atomic E-state index is -0.805. The average Bonchev–Trinajstić information content (AvgIpc) is 3.30. The van der Waals surface area contributed by atoms with E-state index in [1.807, 2.05) is 54.6 Å². The monoisotopic (exact) mass is 834 g/mol. The first-order valence-corrected chi connectivity index (χ1v) is 23.0. The molecule has 0 unspecified atom stereocenters. The number of hydrogen-bond donors (Lipinski definition) is 3. The van der Waals surface area contributed by atoms with Crippen molar-refractivity contribution in [3.63, 3.8) is 0 Å². The van der Waals surface area contributed by atoms with Crippen LogP contribution < -0.4 is 10.6 Å². The first-order valence-electron chi connectivity index (χ1n) is 23.0. The molecule has 2 amide bonds. The number of amides is 2. The molecule has 4 aromatic carbocycles. The van der Waals surface area contributed by atoms with Gasteiger partial charge in [-0.3, -0.25) is 0 Å². The van der Waals surface area contributed by atoms with Crippen molar-refractivity contribution in [3.8, 4) is 11.1 Å². The highest BCUT2D eigenvalue weighted by atomic mass is 16.7. The summed E-state index contributed by atoms with van der Waals surface area (Å²) in [5, 5.41) is 15.4. The third-order valence-electron chi connectivity index (χ3n) is 11.7. The Kier molecular flexibility index (Phi) is 20.8. The fraction of sp³-hybridized carbons (Fsp3) is 0.500. The molecule has 4 atom stereocenters. The second kappa shape index (κ2) is 26.7. The number of aliphatic hydroxyl groups excluding tert-OH is 1. The van der Waals surface area contributed by atoms with Crippen molar-refractivity contribution in [1.29, 1.82) is 0 Å². The van der Waals surface area contributed by atoms with Gasteiger partial charge in [0.2, 0.25) is 0 Å². The third-order valence-corrected chi connectivity index (χ3v) is 11.7. The summed E-state index contributed by atoms with van der Waals surface area (Å²) in [4.78, 5) is 28.0. The first kappa shape index (κ1) is 47.5. The van der Waals surface area contributed by atoms with E-state index in [9.17, 15) is 14.7 Å². The number of ether oxygens (including phenoxy) is 3. The third kappa shape index (κ3) is 16.4. The van der Waals surface area contributed by atoms with Gasteiger partial charge in [0.05, 0.1) is 25.9 Å². The van der Waals surface area contributed by atoms with Gasteiger partial charge >= 0.3 is 12.0 Å². The molecule has 0 radical (unpaired) electrons. The van der Waals surface area contributed by atoms with E-state index in [0.29, 0.717) is 6.42 Å². The van der Waals surface area contributed by atoms with Crippen molar-refractivity contribution in [2.24, 2.45) is 0 Å². The molecule has 1 saturated heterocycles. The van der Waals surface area contributed by atoms with E-state index in [1.54, 1.807) is 0 Å². The zero-order valence-electron chi connectivity index (χ0n) is 37.0. The molecule has 1 aliphatic heterocycles. The number of aliphatic hydroxyl groups is 1. The topological polar surface area (TPSA) is 109 Å². The van der Waals surface area contributed by atoms with Crippen molar-refractivity contribution in [2.45, 2.75) is 141 Å². The van der Waals surface area contributed by atoms with Crippen molar-refractivity contribution >= 4 is 12.0 Å². The standard InChI is InChI=1S/C52H71N3O6/c1-4-6-8-10-12-17-32-55(33-18-13-11-9-7-5-2)38-47-36-49(44-26-24-41(39-56)25-27-44)61-51(60-47)45-30-28-43(29-31-45)46-23-19-22-42(34-46)37-53-52(58)54-48(50(57)59-3)35-40-20-15-14-16-21-40/h14-16,19-31,34,47-49,51,56H,4-13,17-18,32-33,35-39H2,1-3H3,(H2,53,54,58)/t47-,48-,49+,51+/m0/s1. The van der Waals surface area contributed by atoms with Gasteiger partial charge in [-0.25, -0.2) is 9.59 Å². The van der Waals surface area contributed by atoms with E-state index in [2.05, 4.69) is 77.9 Å². The smallest absolute Gasteiger partial charge is 0.328 e. The molecule has 9 heteroatoms. The molecule has 0 aromatic heterocycles. The molecule has 1 fully saturated rings. The highest BCUT2D eigenvalue weighted by Gasteiger charge is 2.33. The van der Waals surface area contributed by atoms with Gasteiger partial charge in [-0.15, -0.1) is 0 Å². The zero-order chi connectivity index (χ0) is 43.1. The number of urea groups is 1. The van der Waals surface area contributed by atoms with E-state index >= 15 is 0 Å². The van der Waals surface area contributed by atoms with Crippen LogP contribution in [0.3, 0.4) is 0 Å². The normalized spacial score (nSPS) is 16.9. The summed E-state index contributed by atoms with van der Waals surface area (Å²) in [6.45, 7) is 7.92. The van der Waals surface area contributed by atoms with Crippen molar-refractivity contribution < 1.29 is 28.9 Å². The number of hydrogen-bond acceptors (Lipinski definition) is 7. The number of nitrogens with one attached hydrogen (secondary N) is 2. The predicted octanol–water partition coefficient (Wildman–Crippen LogP) is 11.0. The van der Waals surface area contributed by atoms with E-state index in [-0.39, 0.29) is 25.4 Å². The molecular formula is C52H71N3O6. The van der Waals surface area contributed by atoms with Gasteiger partial charge in [-0.05, 0) is 65.4 Å². The quantitative estimate of drug-likeness (QED) is 0.0427. The summed E-state index contributed by atoms with van der Waals surface area (Å²) in [5.74, 6) is -0.495. The van der Waals surface area contributed by atoms with Crippen LogP contribution in [0.5, 0.6) is 0 Å². The zero-order valence-corrected chi connectivity index (χ0v) is 37.0. The van der Waals surface area contributed by atoms with Crippen LogP contribution in [0.4, 0.5) is 4.79 Å². The van der Waals surface area contributed by atoms with Gasteiger partial charge < -0.3 is 34.9 Å². The fourth-order valence-corrected chi connectivity index (χ4v) is 8.12. The van der Waals surface area contributed by atoms with Crippen LogP contribution in [0.15, 0.2) is 103 Å². The molecule has 3 N–H and O–H groups in total. The highest BCUT2D eigenvalue weighted by Crippen LogP contribution is 2.39. The number of carbonyl (C=O) groups is 2. The Balaban J connectivity index is 1.24. The largest absolute Gasteiger partial charge is 0.467 e. The minimum absolute atomic E-state index is 0.00347. The molecule has 0 aliphatic carbocycles. The number of carbonyl (C=O) groups excluding carboxylic acids is 2. The summed E-state index contributed by atoms with van der Waals surface area (Å²) in [6.07, 6.45) is 15.9. The molecule has 9 nitrogen and oxygen atoms in total. The molecule has 0 saturated carbocycles. The van der Waals surface area contributed by atoms with Gasteiger partial charge in [0.1, 0.15) is 6.04 Å². The lowest BCUT2D eigenvalue weighted by molar-refractivity contribution is -0.253. The van der Waals surface area contributed by atoms with Crippen LogP contribution in [0.25, 0.3) is 11.1 Å². The van der Waals surface area contributed by atoms with Crippen molar-refractivity contribution in [3.05, 3.63) is 131 Å². The summed E-state index contributed by atoms with van der Waals surface area (Å²) in [5.41, 5.74) is 6.87. The molecule has 0 bridgehead atoms. The van der Waals surface area contributed by atoms with E-state index in [1.165, 1.54) is 84.2 Å². The number of benzene rings is 4. The predicted molar refractivity (Wildman–Crippen MR) is 245 cm³/mol. The highest BCUT2D eigenvalue weighted by molar-refractivity contribution is 5.83. The van der Waals surface area contributed by atoms with Crippen molar-refractivity contribution in [2.75, 3.05) is 26.7 Å². The maximum absolute atomic E-state index is 12.9. The fourth-order valence-electron chi connectivity index (χ4n) is 8.12. The first-order chi connectivity index (χ1) is 29.9. The summed E-state index contributed by atoms with van der Waals surface area (Å²) in [7, 11) is 1.32. The van der Waals surface area contributed by atoms with Gasteiger partial charge in [0, 0.05) is 31.5 Å². The second-order valence-corrected chi connectivity index (χ2v) is 16.6. The number of methoxy groups -OCH3 is 1. The summed E-state index contributed by atoms with van der Waals surface area (Å²) < 4.78 is 18.5. The van der Waals surface area contributed by atoms with E-state index < -0.39 is 24.3 Å². The maximum atomic E-state index is 12.9. The van der Waals surface area contributed by atoms with Crippen LogP contribution >= 0.6 is 0 Å². The second-order valence-electron chi connectivity index (χ2n) is 16.6. The lowest BCUT2D eigenvalue weighted by Crippen LogP contribution is -2.47. The molecule has 0 spiro atoms. The Labute approximate surface area is 365 Å². The Morgan fingerprint density at radius 3 is 1.97 bits per heavy atom. The van der Waals surface area contributed by atoms with Crippen LogP contribution in [-0.2, 0) is 38.6 Å². The number of nitrogens with zero attached hydrogens (tertiary/aromatic N) is 1. The average molecular weight is 834 g/mol. The molecule has 4 aromatic rings. The number of rotatable bonds is 26. The molecule has 5 rings (SSSR count). The SMILES string of the molecule is CCCCCCCCN(CCCCCCCC)C[C@@H]1C[C@H](c2ccc(CO)cc2)O[C@H](c2ccc(-c3cccc(CNC(=O)N[C@@H](Cc4ccccc4)C(=O)OC)c3)cc2)O1. The van der Waals surface area contributed by atoms with Crippen LogP contribution in [-0.4, -0.2) is 60.9 Å². The Hall–Kier alpha value is -4.54. The van der Waals surface area contributed by atoms with Gasteiger partial charge in [0.25, 0.3) is 0 Å². The number of unbranched alkanes of at least 4 members (excludes halogenated alkanes) is 10. The molecule has 61 heavy (non-hydrogen) atoms. The molecular weight excluding hydrogens is 763 g/mol. The van der Waals surface area contributed by atoms with E-state index in [0.717, 1.165) is 65.0 Å². The lowest BCUT2D eigenvalue weighted by atomic mass is 9.98. The van der Waals surface area contributed by atoms with Crippen LogP contribution in [0.2, 0.25) is 0 Å². The Bertz CT molecular complexity index is 1820. The molecule has 330 valence electrons. The number of esters is 1. The lowest BCUT2D eigenvalue weighted by Gasteiger charge is -2.38.